The highest BCUT2D eigenvalue weighted by Gasteiger charge is 2.56. The van der Waals surface area contributed by atoms with E-state index in [4.69, 9.17) is 4.74 Å². The van der Waals surface area contributed by atoms with E-state index in [-0.39, 0.29) is 50.6 Å². The molecule has 3 aromatic rings. The number of ether oxygens (including phenoxy) is 1. The average Bonchev–Trinajstić information content (AvgIpc) is 3.10. The molecule has 1 aliphatic carbocycles. The maximum absolute atomic E-state index is 13.9. The molecular weight excluding hydrogens is 476 g/mol. The third-order valence-electron chi connectivity index (χ3n) is 7.06. The quantitative estimate of drug-likeness (QED) is 0.241. The number of benzene rings is 2. The lowest BCUT2D eigenvalue weighted by molar-refractivity contribution is -0.123. The maximum Gasteiger partial charge on any atom is 0.194 e. The number of aromatic nitrogens is 1. The molecular formula is C28H24N2O7. The highest BCUT2D eigenvalue weighted by molar-refractivity contribution is 6.31. The summed E-state index contributed by atoms with van der Waals surface area (Å²) in [6, 6.07) is 6.56. The number of phenolic OH excluding ortho intramolecular Hbond substituents is 2. The standard InChI is InChI=1S/C28H24N2O7/c1-11-8-18(32)16-9-15(6-7-17(16)29-11)30-13(3)21-19(33)10-20-28(5,27(21)36)23-25(35)12(2)24(34)22(14(4)31)26(23)37-20/h6-10,30,34-35H,1-5H3,(H,29,32)/b21-13+/t28-/m0/s1. The van der Waals surface area contributed by atoms with Gasteiger partial charge in [0.15, 0.2) is 22.8 Å². The van der Waals surface area contributed by atoms with E-state index in [9.17, 15) is 29.4 Å². The summed E-state index contributed by atoms with van der Waals surface area (Å²) < 4.78 is 5.78. The Hall–Kier alpha value is -4.66. The first-order chi connectivity index (χ1) is 17.4. The molecule has 4 N–H and O–H groups in total. The summed E-state index contributed by atoms with van der Waals surface area (Å²) in [6.07, 6.45) is 1.16. The first kappa shape index (κ1) is 24.1. The molecule has 5 rings (SSSR count). The van der Waals surface area contributed by atoms with Crippen LogP contribution in [-0.4, -0.2) is 32.5 Å². The second-order valence-electron chi connectivity index (χ2n) is 9.59. The molecule has 1 aliphatic heterocycles. The van der Waals surface area contributed by atoms with Crippen molar-refractivity contribution in [3.05, 3.63) is 80.0 Å². The van der Waals surface area contributed by atoms with Gasteiger partial charge in [-0.25, -0.2) is 0 Å². The van der Waals surface area contributed by atoms with Crippen LogP contribution in [0.3, 0.4) is 0 Å². The number of fused-ring (bicyclic) bond motifs is 4. The molecule has 9 nitrogen and oxygen atoms in total. The van der Waals surface area contributed by atoms with Gasteiger partial charge in [0.1, 0.15) is 34.0 Å². The number of hydrogen-bond acceptors (Lipinski definition) is 8. The molecule has 0 unspecified atom stereocenters. The molecule has 0 saturated carbocycles. The summed E-state index contributed by atoms with van der Waals surface area (Å²) in [6.45, 7) is 7.51. The normalized spacial score (nSPS) is 19.8. The van der Waals surface area contributed by atoms with E-state index in [1.165, 1.54) is 26.8 Å². The first-order valence-corrected chi connectivity index (χ1v) is 11.6. The molecule has 0 radical (unpaired) electrons. The zero-order chi connectivity index (χ0) is 27.0. The zero-order valence-corrected chi connectivity index (χ0v) is 20.8. The van der Waals surface area contributed by atoms with Gasteiger partial charge in [-0.15, -0.1) is 0 Å². The van der Waals surface area contributed by atoms with Crippen molar-refractivity contribution >= 4 is 33.9 Å². The lowest BCUT2D eigenvalue weighted by Gasteiger charge is -2.29. The van der Waals surface area contributed by atoms with E-state index >= 15 is 0 Å². The molecule has 0 spiro atoms. The smallest absolute Gasteiger partial charge is 0.194 e. The topological polar surface area (TPSA) is 146 Å². The number of allylic oxidation sites excluding steroid dienone is 4. The summed E-state index contributed by atoms with van der Waals surface area (Å²) in [5.41, 5.74) is 0.0699. The van der Waals surface area contributed by atoms with Crippen molar-refractivity contribution in [1.29, 1.82) is 0 Å². The molecule has 0 bridgehead atoms. The van der Waals surface area contributed by atoms with Gasteiger partial charge < -0.3 is 25.3 Å². The largest absolute Gasteiger partial charge is 0.507 e. The number of hydrogen-bond donors (Lipinski definition) is 4. The lowest BCUT2D eigenvalue weighted by atomic mass is 9.70. The molecule has 37 heavy (non-hydrogen) atoms. The number of pyridine rings is 1. The Morgan fingerprint density at radius 1 is 1.05 bits per heavy atom. The van der Waals surface area contributed by atoms with Gasteiger partial charge in [-0.3, -0.25) is 19.2 Å². The van der Waals surface area contributed by atoms with E-state index < -0.39 is 28.5 Å². The van der Waals surface area contributed by atoms with Crippen LogP contribution in [0, 0.1) is 13.8 Å². The molecule has 1 aromatic heterocycles. The Morgan fingerprint density at radius 3 is 2.43 bits per heavy atom. The van der Waals surface area contributed by atoms with Crippen LogP contribution in [-0.2, 0) is 15.0 Å². The van der Waals surface area contributed by atoms with E-state index in [1.54, 1.807) is 32.0 Å². The fraction of sp³-hybridized carbons (Fsp3) is 0.214. The van der Waals surface area contributed by atoms with Crippen LogP contribution >= 0.6 is 0 Å². The summed E-state index contributed by atoms with van der Waals surface area (Å²) >= 11 is 0. The summed E-state index contributed by atoms with van der Waals surface area (Å²) in [7, 11) is 0. The van der Waals surface area contributed by atoms with Crippen LogP contribution in [0.2, 0.25) is 0 Å². The Morgan fingerprint density at radius 2 is 1.76 bits per heavy atom. The van der Waals surface area contributed by atoms with Crippen LogP contribution in [0.25, 0.3) is 10.9 Å². The lowest BCUT2D eigenvalue weighted by Crippen LogP contribution is -2.40. The summed E-state index contributed by atoms with van der Waals surface area (Å²) in [5.74, 6) is -2.78. The number of aromatic hydroxyl groups is 2. The molecule has 2 aliphatic rings. The second kappa shape index (κ2) is 7.92. The van der Waals surface area contributed by atoms with Crippen molar-refractivity contribution in [1.82, 2.24) is 4.98 Å². The van der Waals surface area contributed by atoms with Gasteiger partial charge in [0.05, 0.1) is 11.1 Å². The minimum atomic E-state index is -1.60. The number of aromatic amines is 1. The van der Waals surface area contributed by atoms with Crippen LogP contribution in [0.15, 0.2) is 52.2 Å². The van der Waals surface area contributed by atoms with Gasteiger partial charge in [-0.2, -0.15) is 0 Å². The fourth-order valence-electron chi connectivity index (χ4n) is 5.10. The molecule has 0 amide bonds. The van der Waals surface area contributed by atoms with Crippen molar-refractivity contribution in [2.75, 3.05) is 5.32 Å². The number of anilines is 1. The Bertz CT molecular complexity index is 1720. The Labute approximate surface area is 211 Å². The highest BCUT2D eigenvalue weighted by atomic mass is 16.5. The van der Waals surface area contributed by atoms with Crippen LogP contribution < -0.4 is 15.5 Å². The predicted molar refractivity (Wildman–Crippen MR) is 136 cm³/mol. The number of ketones is 3. The Kier molecular flexibility index (Phi) is 5.15. The third kappa shape index (κ3) is 3.31. The van der Waals surface area contributed by atoms with Gasteiger partial charge in [0, 0.05) is 45.7 Å². The number of Topliss-reactive ketones (excluding diaryl/α,β-unsaturated/α-hetero) is 2. The fourth-order valence-corrected chi connectivity index (χ4v) is 5.10. The highest BCUT2D eigenvalue weighted by Crippen LogP contribution is 2.57. The monoisotopic (exact) mass is 500 g/mol. The molecule has 188 valence electrons. The van der Waals surface area contributed by atoms with Gasteiger partial charge in [0.2, 0.25) is 0 Å². The first-order valence-electron chi connectivity index (χ1n) is 11.6. The number of carbonyl (C=O) groups is 3. The van der Waals surface area contributed by atoms with E-state index in [0.29, 0.717) is 16.6 Å². The number of carbonyl (C=O) groups excluding carboxylic acids is 3. The summed E-state index contributed by atoms with van der Waals surface area (Å²) in [5, 5.41) is 24.9. The number of H-pyrrole nitrogens is 1. The molecule has 0 fully saturated rings. The molecule has 9 heteroatoms. The Balaban J connectivity index is 1.64. The van der Waals surface area contributed by atoms with Crippen molar-refractivity contribution in [2.45, 2.75) is 40.0 Å². The number of rotatable bonds is 3. The molecule has 2 heterocycles. The van der Waals surface area contributed by atoms with E-state index in [2.05, 4.69) is 10.3 Å². The van der Waals surface area contributed by atoms with E-state index in [0.717, 1.165) is 11.8 Å². The van der Waals surface area contributed by atoms with E-state index in [1.807, 2.05) is 0 Å². The van der Waals surface area contributed by atoms with Crippen molar-refractivity contribution in [2.24, 2.45) is 0 Å². The minimum absolute atomic E-state index is 0.0228. The maximum atomic E-state index is 13.9. The van der Waals surface area contributed by atoms with Gasteiger partial charge in [0.25, 0.3) is 0 Å². The second-order valence-corrected chi connectivity index (χ2v) is 9.59. The SMILES string of the molecule is CC(=O)c1c(O)c(C)c(O)c2c1OC1=CC(=O)/C(=C(/C)Nc3ccc4[nH]c(C)cc(=O)c4c3)C(=O)[C@@]12C. The van der Waals surface area contributed by atoms with Gasteiger partial charge in [-0.1, -0.05) is 0 Å². The molecule has 2 aromatic carbocycles. The van der Waals surface area contributed by atoms with Crippen LogP contribution in [0.1, 0.15) is 48.0 Å². The van der Waals surface area contributed by atoms with Crippen LogP contribution in [0.4, 0.5) is 5.69 Å². The zero-order valence-electron chi connectivity index (χ0n) is 20.8. The number of aryl methyl sites for hydroxylation is 1. The number of phenols is 2. The third-order valence-corrected chi connectivity index (χ3v) is 7.06. The van der Waals surface area contributed by atoms with Gasteiger partial charge in [-0.05, 0) is 52.8 Å². The molecule has 1 atom stereocenters. The average molecular weight is 501 g/mol. The molecule has 0 saturated heterocycles. The van der Waals surface area contributed by atoms with Crippen molar-refractivity contribution in [3.8, 4) is 17.2 Å². The summed E-state index contributed by atoms with van der Waals surface area (Å²) in [4.78, 5) is 54.9. The predicted octanol–water partition coefficient (Wildman–Crippen LogP) is 3.83. The number of nitrogens with one attached hydrogen (secondary N) is 2. The van der Waals surface area contributed by atoms with Crippen molar-refractivity contribution in [3.63, 3.8) is 0 Å². The van der Waals surface area contributed by atoms with Gasteiger partial charge >= 0.3 is 0 Å². The van der Waals surface area contributed by atoms with Crippen LogP contribution in [0.5, 0.6) is 17.2 Å². The van der Waals surface area contributed by atoms with Crippen molar-refractivity contribution < 1.29 is 29.3 Å². The minimum Gasteiger partial charge on any atom is -0.507 e.